The highest BCUT2D eigenvalue weighted by atomic mass is 15.1. The third-order valence-corrected chi connectivity index (χ3v) is 1.76. The summed E-state index contributed by atoms with van der Waals surface area (Å²) >= 11 is 0. The van der Waals surface area contributed by atoms with Gasteiger partial charge in [0.05, 0.1) is 11.6 Å². The van der Waals surface area contributed by atoms with Crippen molar-refractivity contribution < 1.29 is 0 Å². The van der Waals surface area contributed by atoms with Gasteiger partial charge in [-0.25, -0.2) is 0 Å². The zero-order valence-corrected chi connectivity index (χ0v) is 7.96. The highest BCUT2D eigenvalue weighted by Gasteiger charge is 1.96. The van der Waals surface area contributed by atoms with Crippen molar-refractivity contribution in [3.05, 3.63) is 45.8 Å². The number of azide groups is 1. The molecule has 0 unspecified atom stereocenters. The van der Waals surface area contributed by atoms with E-state index in [1.165, 1.54) is 0 Å². The number of anilines is 1. The number of nitrogens with zero attached hydrogens (tertiary/aromatic N) is 4. The molecule has 1 aromatic rings. The van der Waals surface area contributed by atoms with E-state index in [2.05, 4.69) is 10.0 Å². The summed E-state index contributed by atoms with van der Waals surface area (Å²) in [7, 11) is 0. The van der Waals surface area contributed by atoms with Crippen molar-refractivity contribution in [2.24, 2.45) is 5.11 Å². The molecule has 0 aliphatic rings. The lowest BCUT2D eigenvalue weighted by atomic mass is 10.1. The maximum absolute atomic E-state index is 8.68. The van der Waals surface area contributed by atoms with Gasteiger partial charge >= 0.3 is 0 Å². The topological polar surface area (TPSA) is 98.6 Å². The summed E-state index contributed by atoms with van der Waals surface area (Å²) in [5, 5.41) is 12.0. The normalized spacial score (nSPS) is 9.53. The van der Waals surface area contributed by atoms with Crippen LogP contribution in [0.15, 0.2) is 29.4 Å². The number of nitriles is 1. The van der Waals surface area contributed by atoms with Crippen LogP contribution < -0.4 is 5.73 Å². The van der Waals surface area contributed by atoms with Crippen LogP contribution in [0, 0.1) is 11.3 Å². The average Bonchev–Trinajstić information content (AvgIpc) is 2.26. The van der Waals surface area contributed by atoms with Crippen molar-refractivity contribution >= 4 is 11.8 Å². The number of benzene rings is 1. The van der Waals surface area contributed by atoms with Crippen LogP contribution in [0.3, 0.4) is 0 Å². The van der Waals surface area contributed by atoms with E-state index in [0.717, 1.165) is 5.56 Å². The van der Waals surface area contributed by atoms with Gasteiger partial charge in [-0.3, -0.25) is 0 Å². The second-order valence-corrected chi connectivity index (χ2v) is 2.77. The summed E-state index contributed by atoms with van der Waals surface area (Å²) in [5.74, 6) is 0. The lowest BCUT2D eigenvalue weighted by molar-refractivity contribution is 1.22. The molecule has 0 heterocycles. The standard InChI is InChI=1S/C10H9N5/c11-7-8-3-4-10(12)9(6-8)2-1-5-14-15-13/h1-4,6H,5,12H2. The minimum absolute atomic E-state index is 0.271. The Morgan fingerprint density at radius 3 is 3.07 bits per heavy atom. The molecular weight excluding hydrogens is 190 g/mol. The number of hydrogen-bond donors (Lipinski definition) is 1. The van der Waals surface area contributed by atoms with E-state index in [1.807, 2.05) is 6.07 Å². The Labute approximate surface area is 87.1 Å². The zero-order valence-electron chi connectivity index (χ0n) is 7.96. The molecule has 0 fully saturated rings. The molecule has 15 heavy (non-hydrogen) atoms. The van der Waals surface area contributed by atoms with Crippen molar-refractivity contribution in [3.8, 4) is 6.07 Å². The van der Waals surface area contributed by atoms with Crippen LogP contribution >= 0.6 is 0 Å². The molecule has 0 saturated heterocycles. The molecule has 5 heteroatoms. The average molecular weight is 199 g/mol. The largest absolute Gasteiger partial charge is 0.398 e. The van der Waals surface area contributed by atoms with E-state index >= 15 is 0 Å². The fourth-order valence-corrected chi connectivity index (χ4v) is 1.05. The minimum atomic E-state index is 0.271. The number of rotatable bonds is 3. The first-order valence-corrected chi connectivity index (χ1v) is 4.25. The Morgan fingerprint density at radius 2 is 2.40 bits per heavy atom. The summed E-state index contributed by atoms with van der Waals surface area (Å²) in [4.78, 5) is 2.61. The van der Waals surface area contributed by atoms with Crippen LogP contribution in [-0.4, -0.2) is 6.54 Å². The summed E-state index contributed by atoms with van der Waals surface area (Å²) in [6, 6.07) is 7.03. The first-order chi connectivity index (χ1) is 7.27. The molecule has 0 atom stereocenters. The molecule has 0 radical (unpaired) electrons. The third-order valence-electron chi connectivity index (χ3n) is 1.76. The van der Waals surface area contributed by atoms with Crippen molar-refractivity contribution in [1.82, 2.24) is 0 Å². The van der Waals surface area contributed by atoms with Crippen molar-refractivity contribution in [1.29, 1.82) is 5.26 Å². The Balaban J connectivity index is 2.89. The molecule has 0 aliphatic carbocycles. The quantitative estimate of drug-likeness (QED) is 0.350. The second kappa shape index (κ2) is 5.32. The van der Waals surface area contributed by atoms with E-state index in [9.17, 15) is 0 Å². The predicted octanol–water partition coefficient (Wildman–Crippen LogP) is 2.46. The van der Waals surface area contributed by atoms with Gasteiger partial charge in [0.1, 0.15) is 0 Å². The van der Waals surface area contributed by atoms with Gasteiger partial charge in [-0.15, -0.1) is 0 Å². The van der Waals surface area contributed by atoms with Gasteiger partial charge in [0.2, 0.25) is 0 Å². The fourth-order valence-electron chi connectivity index (χ4n) is 1.05. The van der Waals surface area contributed by atoms with Gasteiger partial charge in [-0.2, -0.15) is 5.26 Å². The van der Waals surface area contributed by atoms with Crippen LogP contribution in [0.4, 0.5) is 5.69 Å². The summed E-state index contributed by atoms with van der Waals surface area (Å²) < 4.78 is 0. The van der Waals surface area contributed by atoms with Gasteiger partial charge in [-0.1, -0.05) is 17.3 Å². The van der Waals surface area contributed by atoms with Crippen LogP contribution in [0.25, 0.3) is 16.5 Å². The maximum atomic E-state index is 8.68. The van der Waals surface area contributed by atoms with Crippen LogP contribution in [0.2, 0.25) is 0 Å². The molecule has 2 N–H and O–H groups in total. The number of nitrogens with two attached hydrogens (primary N) is 1. The Morgan fingerprint density at radius 1 is 1.60 bits per heavy atom. The number of nitrogen functional groups attached to an aromatic ring is 1. The fraction of sp³-hybridized carbons (Fsp3) is 0.100. The van der Waals surface area contributed by atoms with Gasteiger partial charge in [-0.05, 0) is 29.3 Å². The Kier molecular flexibility index (Phi) is 3.78. The first-order valence-electron chi connectivity index (χ1n) is 4.25. The SMILES string of the molecule is N#Cc1ccc(N)c(C=CCN=[N+]=[N-])c1. The van der Waals surface area contributed by atoms with Crippen LogP contribution in [0.5, 0.6) is 0 Å². The summed E-state index contributed by atoms with van der Waals surface area (Å²) in [6.45, 7) is 0.271. The van der Waals surface area contributed by atoms with Crippen molar-refractivity contribution in [3.63, 3.8) is 0 Å². The second-order valence-electron chi connectivity index (χ2n) is 2.77. The summed E-state index contributed by atoms with van der Waals surface area (Å²) in [6.07, 6.45) is 3.41. The van der Waals surface area contributed by atoms with E-state index < -0.39 is 0 Å². The molecule has 1 aromatic carbocycles. The van der Waals surface area contributed by atoms with Gasteiger partial charge in [0.15, 0.2) is 0 Å². The van der Waals surface area contributed by atoms with E-state index in [-0.39, 0.29) is 6.54 Å². The van der Waals surface area contributed by atoms with Gasteiger partial charge in [0, 0.05) is 17.1 Å². The molecule has 0 saturated carbocycles. The highest BCUT2D eigenvalue weighted by molar-refractivity contribution is 5.66. The minimum Gasteiger partial charge on any atom is -0.398 e. The van der Waals surface area contributed by atoms with Gasteiger partial charge < -0.3 is 5.73 Å². The summed E-state index contributed by atoms with van der Waals surface area (Å²) in [5.41, 5.74) is 15.6. The molecular formula is C10H9N5. The third kappa shape index (κ3) is 3.07. The van der Waals surface area contributed by atoms with Gasteiger partial charge in [0.25, 0.3) is 0 Å². The van der Waals surface area contributed by atoms with E-state index in [1.54, 1.807) is 30.4 Å². The monoisotopic (exact) mass is 199 g/mol. The lowest BCUT2D eigenvalue weighted by Gasteiger charge is -1.99. The van der Waals surface area contributed by atoms with Crippen LogP contribution in [-0.2, 0) is 0 Å². The maximum Gasteiger partial charge on any atom is 0.0991 e. The first kappa shape index (κ1) is 10.6. The van der Waals surface area contributed by atoms with E-state index in [0.29, 0.717) is 11.3 Å². The molecule has 5 nitrogen and oxygen atoms in total. The van der Waals surface area contributed by atoms with Crippen molar-refractivity contribution in [2.75, 3.05) is 12.3 Å². The molecule has 0 aliphatic heterocycles. The molecule has 74 valence electrons. The smallest absolute Gasteiger partial charge is 0.0991 e. The number of hydrogen-bond acceptors (Lipinski definition) is 3. The van der Waals surface area contributed by atoms with E-state index in [4.69, 9.17) is 16.5 Å². The molecule has 0 spiro atoms. The predicted molar refractivity (Wildman–Crippen MR) is 58.6 cm³/mol. The van der Waals surface area contributed by atoms with Crippen molar-refractivity contribution in [2.45, 2.75) is 0 Å². The zero-order chi connectivity index (χ0) is 11.1. The Hall–Kier alpha value is -2.44. The highest BCUT2D eigenvalue weighted by Crippen LogP contribution is 2.15. The molecule has 0 aromatic heterocycles. The molecule has 1 rings (SSSR count). The molecule has 0 amide bonds. The molecule has 0 bridgehead atoms. The lowest BCUT2D eigenvalue weighted by Crippen LogP contribution is -1.89. The Bertz CT molecular complexity index is 463. The van der Waals surface area contributed by atoms with Crippen LogP contribution in [0.1, 0.15) is 11.1 Å².